The number of nitrogens with zero attached hydrogens (tertiary/aromatic N) is 3. The minimum Gasteiger partial charge on any atom is -0.469 e. The molecule has 9 heteroatoms. The monoisotopic (exact) mass is 442 g/mol. The lowest BCUT2D eigenvalue weighted by atomic mass is 10.1. The number of amides is 1. The van der Waals surface area contributed by atoms with Crippen LogP contribution in [-0.2, 0) is 14.3 Å². The highest BCUT2D eigenvalue weighted by molar-refractivity contribution is 5.91. The highest BCUT2D eigenvalue weighted by atomic mass is 19.1. The number of benzene rings is 2. The number of carbonyl (C=O) groups excluding carboxylic acids is 2. The summed E-state index contributed by atoms with van der Waals surface area (Å²) >= 11 is 0. The zero-order valence-electron chi connectivity index (χ0n) is 17.7. The van der Waals surface area contributed by atoms with Crippen LogP contribution in [0.25, 0.3) is 16.9 Å². The summed E-state index contributed by atoms with van der Waals surface area (Å²) in [5, 5.41) is 10.9. The van der Waals surface area contributed by atoms with Crippen molar-refractivity contribution in [1.29, 1.82) is 0 Å². The van der Waals surface area contributed by atoms with E-state index in [2.05, 4.69) is 20.4 Å². The van der Waals surface area contributed by atoms with Gasteiger partial charge in [0.2, 0.25) is 5.91 Å². The van der Waals surface area contributed by atoms with Crippen molar-refractivity contribution in [2.24, 2.45) is 0 Å². The standard InChI is InChI=1S/C23H24F2N4O3/c1-32-23(31)10-5-3-2-4-9-22(30)26-19-8-6-7-16(11-19)21-15-29(28-27-21)20-13-17(24)12-18(25)14-20/h6-8,11-15H,2-5,9-10H2,1H3,(H,26,30). The lowest BCUT2D eigenvalue weighted by molar-refractivity contribution is -0.140. The van der Waals surface area contributed by atoms with Crippen molar-refractivity contribution >= 4 is 17.6 Å². The van der Waals surface area contributed by atoms with E-state index in [-0.39, 0.29) is 17.6 Å². The van der Waals surface area contributed by atoms with Crippen LogP contribution in [-0.4, -0.2) is 34.0 Å². The summed E-state index contributed by atoms with van der Waals surface area (Å²) in [6.07, 6.45) is 5.53. The van der Waals surface area contributed by atoms with Gasteiger partial charge in [-0.3, -0.25) is 9.59 Å². The Morgan fingerprint density at radius 1 is 1.00 bits per heavy atom. The Morgan fingerprint density at radius 3 is 2.44 bits per heavy atom. The van der Waals surface area contributed by atoms with Gasteiger partial charge in [-0.25, -0.2) is 13.5 Å². The molecule has 0 spiro atoms. The minimum atomic E-state index is -0.703. The van der Waals surface area contributed by atoms with Gasteiger partial charge in [-0.2, -0.15) is 0 Å². The van der Waals surface area contributed by atoms with Crippen LogP contribution >= 0.6 is 0 Å². The number of rotatable bonds is 10. The summed E-state index contributed by atoms with van der Waals surface area (Å²) in [7, 11) is 1.37. The summed E-state index contributed by atoms with van der Waals surface area (Å²) in [6, 6.07) is 10.2. The number of hydrogen-bond donors (Lipinski definition) is 1. The molecule has 2 aromatic carbocycles. The van der Waals surface area contributed by atoms with Gasteiger partial charge in [0, 0.05) is 30.2 Å². The zero-order valence-corrected chi connectivity index (χ0v) is 17.7. The van der Waals surface area contributed by atoms with Crippen LogP contribution in [0.15, 0.2) is 48.7 Å². The third-order valence-electron chi connectivity index (χ3n) is 4.81. The number of carbonyl (C=O) groups is 2. The maximum atomic E-state index is 13.5. The summed E-state index contributed by atoms with van der Waals surface area (Å²) in [5.41, 5.74) is 2.03. The second-order valence-corrected chi connectivity index (χ2v) is 7.30. The fourth-order valence-corrected chi connectivity index (χ4v) is 3.18. The van der Waals surface area contributed by atoms with Crippen molar-refractivity contribution in [3.8, 4) is 16.9 Å². The largest absolute Gasteiger partial charge is 0.469 e. The zero-order chi connectivity index (χ0) is 22.9. The molecule has 3 aromatic rings. The van der Waals surface area contributed by atoms with Gasteiger partial charge < -0.3 is 10.1 Å². The fraction of sp³-hybridized carbons (Fsp3) is 0.304. The number of halogens is 2. The maximum Gasteiger partial charge on any atom is 0.305 e. The lowest BCUT2D eigenvalue weighted by Gasteiger charge is -2.06. The molecule has 0 aliphatic carbocycles. The molecule has 168 valence electrons. The van der Waals surface area contributed by atoms with Crippen LogP contribution in [0.4, 0.5) is 14.5 Å². The van der Waals surface area contributed by atoms with Gasteiger partial charge in [-0.05, 0) is 37.1 Å². The number of unbranched alkanes of at least 4 members (excludes halogenated alkanes) is 3. The molecule has 0 saturated heterocycles. The van der Waals surface area contributed by atoms with Gasteiger partial charge in [0.1, 0.15) is 17.3 Å². The Hall–Kier alpha value is -3.62. The van der Waals surface area contributed by atoms with Gasteiger partial charge in [-0.15, -0.1) is 5.10 Å². The molecule has 0 bridgehead atoms. The van der Waals surface area contributed by atoms with Gasteiger partial charge >= 0.3 is 5.97 Å². The maximum absolute atomic E-state index is 13.5. The van der Waals surface area contributed by atoms with E-state index in [0.29, 0.717) is 29.8 Å². The fourth-order valence-electron chi connectivity index (χ4n) is 3.18. The molecule has 32 heavy (non-hydrogen) atoms. The molecule has 1 aromatic heterocycles. The van der Waals surface area contributed by atoms with Gasteiger partial charge in [0.25, 0.3) is 0 Å². The Bertz CT molecular complexity index is 1060. The number of anilines is 1. The molecule has 0 fully saturated rings. The average Bonchev–Trinajstić information content (AvgIpc) is 3.26. The Kier molecular flexibility index (Phi) is 8.02. The predicted octanol–water partition coefficient (Wildman–Crippen LogP) is 4.66. The molecule has 0 saturated carbocycles. The second kappa shape index (κ2) is 11.1. The van der Waals surface area contributed by atoms with E-state index in [4.69, 9.17) is 0 Å². The number of hydrogen-bond acceptors (Lipinski definition) is 5. The van der Waals surface area contributed by atoms with E-state index >= 15 is 0 Å². The first-order valence-corrected chi connectivity index (χ1v) is 10.3. The molecule has 0 aliphatic rings. The van der Waals surface area contributed by atoms with Crippen molar-refractivity contribution in [3.63, 3.8) is 0 Å². The quantitative estimate of drug-likeness (QED) is 0.364. The van der Waals surface area contributed by atoms with Crippen LogP contribution in [0.2, 0.25) is 0 Å². The summed E-state index contributed by atoms with van der Waals surface area (Å²) < 4.78 is 32.8. The van der Waals surface area contributed by atoms with Crippen molar-refractivity contribution in [2.45, 2.75) is 38.5 Å². The third kappa shape index (κ3) is 6.69. The second-order valence-electron chi connectivity index (χ2n) is 7.30. The van der Waals surface area contributed by atoms with Crippen LogP contribution in [0.5, 0.6) is 0 Å². The highest BCUT2D eigenvalue weighted by Crippen LogP contribution is 2.22. The topological polar surface area (TPSA) is 86.1 Å². The van der Waals surface area contributed by atoms with Crippen LogP contribution in [0.1, 0.15) is 38.5 Å². The van der Waals surface area contributed by atoms with E-state index in [1.54, 1.807) is 30.5 Å². The lowest BCUT2D eigenvalue weighted by Crippen LogP contribution is -2.11. The molecule has 7 nitrogen and oxygen atoms in total. The molecule has 1 heterocycles. The molecule has 3 rings (SSSR count). The molecule has 0 radical (unpaired) electrons. The first-order valence-electron chi connectivity index (χ1n) is 10.3. The van der Waals surface area contributed by atoms with Crippen molar-refractivity contribution in [2.75, 3.05) is 12.4 Å². The van der Waals surface area contributed by atoms with Gasteiger partial charge in [0.15, 0.2) is 0 Å². The van der Waals surface area contributed by atoms with Crippen LogP contribution in [0, 0.1) is 11.6 Å². The number of ether oxygens (including phenoxy) is 1. The smallest absolute Gasteiger partial charge is 0.305 e. The van der Waals surface area contributed by atoms with Crippen LogP contribution < -0.4 is 5.32 Å². The Labute approximate surface area is 184 Å². The summed E-state index contributed by atoms with van der Waals surface area (Å²) in [6.45, 7) is 0. The number of esters is 1. The van der Waals surface area contributed by atoms with Gasteiger partial charge in [-0.1, -0.05) is 30.2 Å². The van der Waals surface area contributed by atoms with Crippen molar-refractivity contribution in [3.05, 3.63) is 60.3 Å². The highest BCUT2D eigenvalue weighted by Gasteiger charge is 2.10. The molecule has 0 aliphatic heterocycles. The normalized spacial score (nSPS) is 10.7. The Balaban J connectivity index is 1.54. The van der Waals surface area contributed by atoms with Crippen molar-refractivity contribution < 1.29 is 23.1 Å². The molecular formula is C23H24F2N4O3. The summed E-state index contributed by atoms with van der Waals surface area (Å²) in [5.74, 6) is -1.73. The number of nitrogens with one attached hydrogen (secondary N) is 1. The number of aromatic nitrogens is 3. The SMILES string of the molecule is COC(=O)CCCCCCC(=O)Nc1cccc(-c2cn(-c3cc(F)cc(F)c3)nn2)c1. The average molecular weight is 442 g/mol. The van der Waals surface area contributed by atoms with E-state index in [0.717, 1.165) is 43.9 Å². The molecule has 1 N–H and O–H groups in total. The molecule has 1 amide bonds. The first-order chi connectivity index (χ1) is 15.4. The third-order valence-corrected chi connectivity index (χ3v) is 4.81. The molecule has 0 atom stereocenters. The van der Waals surface area contributed by atoms with E-state index in [9.17, 15) is 18.4 Å². The van der Waals surface area contributed by atoms with E-state index in [1.807, 2.05) is 0 Å². The predicted molar refractivity (Wildman–Crippen MR) is 115 cm³/mol. The summed E-state index contributed by atoms with van der Waals surface area (Å²) in [4.78, 5) is 23.3. The van der Waals surface area contributed by atoms with Crippen molar-refractivity contribution in [1.82, 2.24) is 15.0 Å². The van der Waals surface area contributed by atoms with E-state index < -0.39 is 11.6 Å². The minimum absolute atomic E-state index is 0.103. The molecule has 0 unspecified atom stereocenters. The van der Waals surface area contributed by atoms with E-state index in [1.165, 1.54) is 11.8 Å². The Morgan fingerprint density at radius 2 is 1.72 bits per heavy atom. The van der Waals surface area contributed by atoms with Gasteiger partial charge in [0.05, 0.1) is 19.0 Å². The number of methoxy groups -OCH3 is 1. The molecular weight excluding hydrogens is 418 g/mol. The first kappa shape index (κ1) is 23.1. The van der Waals surface area contributed by atoms with Crippen LogP contribution in [0.3, 0.4) is 0 Å².